The van der Waals surface area contributed by atoms with Gasteiger partial charge in [-0.05, 0) is 66.2 Å². The quantitative estimate of drug-likeness (QED) is 0.330. The summed E-state index contributed by atoms with van der Waals surface area (Å²) < 4.78 is 43.3. The molecule has 150 valence electrons. The molecule has 0 amide bonds. The SMILES string of the molecule is FC(F)(F)c1ccc(NN=Cc2ccc(OCc3ccc(Cl)cc3Cl)cc2)cc1. The molecule has 3 aromatic rings. The monoisotopic (exact) mass is 438 g/mol. The maximum absolute atomic E-state index is 12.5. The van der Waals surface area contributed by atoms with Gasteiger partial charge in [-0.2, -0.15) is 18.3 Å². The lowest BCUT2D eigenvalue weighted by molar-refractivity contribution is -0.137. The number of nitrogens with zero attached hydrogens (tertiary/aromatic N) is 1. The predicted molar refractivity (Wildman–Crippen MR) is 110 cm³/mol. The van der Waals surface area contributed by atoms with Crippen LogP contribution in [0.2, 0.25) is 10.0 Å². The number of ether oxygens (including phenoxy) is 1. The van der Waals surface area contributed by atoms with Gasteiger partial charge in [0.05, 0.1) is 17.5 Å². The van der Waals surface area contributed by atoms with E-state index in [1.165, 1.54) is 12.1 Å². The molecule has 0 fully saturated rings. The van der Waals surface area contributed by atoms with Crippen molar-refractivity contribution in [2.75, 3.05) is 5.43 Å². The van der Waals surface area contributed by atoms with Crippen molar-refractivity contribution in [2.24, 2.45) is 5.10 Å². The summed E-state index contributed by atoms with van der Waals surface area (Å²) >= 11 is 12.0. The van der Waals surface area contributed by atoms with Crippen LogP contribution in [0.1, 0.15) is 16.7 Å². The molecular weight excluding hydrogens is 424 g/mol. The molecule has 1 N–H and O–H groups in total. The van der Waals surface area contributed by atoms with Gasteiger partial charge >= 0.3 is 6.18 Å². The van der Waals surface area contributed by atoms with E-state index in [2.05, 4.69) is 10.5 Å². The predicted octanol–water partition coefficient (Wildman–Crippen LogP) is 7.04. The molecule has 29 heavy (non-hydrogen) atoms. The van der Waals surface area contributed by atoms with Crippen LogP contribution in [0.4, 0.5) is 18.9 Å². The van der Waals surface area contributed by atoms with E-state index in [4.69, 9.17) is 27.9 Å². The second-order valence-corrected chi connectivity index (χ2v) is 6.88. The highest BCUT2D eigenvalue weighted by molar-refractivity contribution is 6.35. The number of anilines is 1. The van der Waals surface area contributed by atoms with Crippen molar-refractivity contribution in [1.82, 2.24) is 0 Å². The van der Waals surface area contributed by atoms with Crippen LogP contribution in [-0.4, -0.2) is 6.21 Å². The summed E-state index contributed by atoms with van der Waals surface area (Å²) in [4.78, 5) is 0. The van der Waals surface area contributed by atoms with Crippen molar-refractivity contribution in [2.45, 2.75) is 12.8 Å². The van der Waals surface area contributed by atoms with E-state index < -0.39 is 11.7 Å². The van der Waals surface area contributed by atoms with Gasteiger partial charge in [0, 0.05) is 15.6 Å². The molecule has 3 aromatic carbocycles. The van der Waals surface area contributed by atoms with E-state index >= 15 is 0 Å². The number of nitrogens with one attached hydrogen (secondary N) is 1. The summed E-state index contributed by atoms with van der Waals surface area (Å²) in [7, 11) is 0. The first-order chi connectivity index (χ1) is 13.8. The number of halogens is 5. The van der Waals surface area contributed by atoms with Crippen molar-refractivity contribution >= 4 is 35.1 Å². The van der Waals surface area contributed by atoms with Gasteiger partial charge in [0.1, 0.15) is 12.4 Å². The lowest BCUT2D eigenvalue weighted by Gasteiger charge is -2.08. The Hall–Kier alpha value is -2.70. The van der Waals surface area contributed by atoms with Crippen LogP contribution in [0.3, 0.4) is 0 Å². The summed E-state index contributed by atoms with van der Waals surface area (Å²) in [5.74, 6) is 0.656. The zero-order valence-electron chi connectivity index (χ0n) is 14.9. The van der Waals surface area contributed by atoms with Gasteiger partial charge in [-0.15, -0.1) is 0 Å². The van der Waals surface area contributed by atoms with Crippen LogP contribution in [0, 0.1) is 0 Å². The maximum Gasteiger partial charge on any atom is 0.416 e. The number of rotatable bonds is 6. The molecule has 0 radical (unpaired) electrons. The van der Waals surface area contributed by atoms with E-state index in [9.17, 15) is 13.2 Å². The largest absolute Gasteiger partial charge is 0.489 e. The first-order valence-electron chi connectivity index (χ1n) is 8.44. The van der Waals surface area contributed by atoms with E-state index in [1.807, 2.05) is 0 Å². The van der Waals surface area contributed by atoms with Gasteiger partial charge in [-0.25, -0.2) is 0 Å². The van der Waals surface area contributed by atoms with Gasteiger partial charge < -0.3 is 4.74 Å². The van der Waals surface area contributed by atoms with Gasteiger partial charge in [-0.3, -0.25) is 5.43 Å². The minimum atomic E-state index is -4.36. The molecule has 0 saturated carbocycles. The third kappa shape index (κ3) is 6.14. The van der Waals surface area contributed by atoms with Crippen molar-refractivity contribution in [3.63, 3.8) is 0 Å². The summed E-state index contributed by atoms with van der Waals surface area (Å²) in [5.41, 5.74) is 4.05. The Balaban J connectivity index is 1.53. The molecule has 0 bridgehead atoms. The second-order valence-electron chi connectivity index (χ2n) is 6.04. The van der Waals surface area contributed by atoms with Crippen LogP contribution in [0.5, 0.6) is 5.75 Å². The average molecular weight is 439 g/mol. The van der Waals surface area contributed by atoms with E-state index in [0.29, 0.717) is 28.1 Å². The Morgan fingerprint density at radius 1 is 0.931 bits per heavy atom. The zero-order chi connectivity index (χ0) is 20.9. The van der Waals surface area contributed by atoms with Crippen LogP contribution < -0.4 is 10.2 Å². The lowest BCUT2D eigenvalue weighted by Crippen LogP contribution is -2.04. The molecule has 0 spiro atoms. The third-order valence-electron chi connectivity index (χ3n) is 3.91. The summed E-state index contributed by atoms with van der Waals surface area (Å²) in [6, 6.07) is 17.0. The Kier molecular flexibility index (Phi) is 6.67. The van der Waals surface area contributed by atoms with Gasteiger partial charge in [0.15, 0.2) is 0 Å². The van der Waals surface area contributed by atoms with Crippen molar-refractivity contribution in [1.29, 1.82) is 0 Å². The van der Waals surface area contributed by atoms with Crippen LogP contribution in [-0.2, 0) is 12.8 Å². The van der Waals surface area contributed by atoms with Gasteiger partial charge in [-0.1, -0.05) is 29.3 Å². The highest BCUT2D eigenvalue weighted by atomic mass is 35.5. The molecule has 8 heteroatoms. The van der Waals surface area contributed by atoms with Crippen LogP contribution in [0.15, 0.2) is 71.8 Å². The smallest absolute Gasteiger partial charge is 0.416 e. The Morgan fingerprint density at radius 3 is 2.24 bits per heavy atom. The normalized spacial score (nSPS) is 11.6. The average Bonchev–Trinajstić information content (AvgIpc) is 2.68. The number of alkyl halides is 3. The van der Waals surface area contributed by atoms with Crippen molar-refractivity contribution in [3.8, 4) is 5.75 Å². The van der Waals surface area contributed by atoms with Crippen molar-refractivity contribution < 1.29 is 17.9 Å². The number of hydrogen-bond acceptors (Lipinski definition) is 3. The molecule has 0 aliphatic heterocycles. The molecule has 0 unspecified atom stereocenters. The summed E-state index contributed by atoms with van der Waals surface area (Å²) in [5, 5.41) is 5.12. The first-order valence-corrected chi connectivity index (χ1v) is 9.20. The number of hydrogen-bond donors (Lipinski definition) is 1. The number of hydrazone groups is 1. The fourth-order valence-corrected chi connectivity index (χ4v) is 2.83. The molecule has 0 saturated heterocycles. The minimum Gasteiger partial charge on any atom is -0.489 e. The molecule has 0 aliphatic rings. The molecular formula is C21H15Cl2F3N2O. The molecule has 0 aliphatic carbocycles. The van der Waals surface area contributed by atoms with Gasteiger partial charge in [0.25, 0.3) is 0 Å². The van der Waals surface area contributed by atoms with Crippen LogP contribution >= 0.6 is 23.2 Å². The molecule has 0 atom stereocenters. The summed E-state index contributed by atoms with van der Waals surface area (Å²) in [6.07, 6.45) is -2.80. The van der Waals surface area contributed by atoms with E-state index in [-0.39, 0.29) is 0 Å². The Morgan fingerprint density at radius 2 is 1.62 bits per heavy atom. The number of benzene rings is 3. The Bertz CT molecular complexity index is 988. The van der Waals surface area contributed by atoms with E-state index in [0.717, 1.165) is 23.3 Å². The molecule has 3 nitrogen and oxygen atoms in total. The highest BCUT2D eigenvalue weighted by Gasteiger charge is 2.29. The summed E-state index contributed by atoms with van der Waals surface area (Å²) in [6.45, 7) is 0.304. The highest BCUT2D eigenvalue weighted by Crippen LogP contribution is 2.29. The van der Waals surface area contributed by atoms with E-state index in [1.54, 1.807) is 48.7 Å². The lowest BCUT2D eigenvalue weighted by atomic mass is 10.2. The zero-order valence-corrected chi connectivity index (χ0v) is 16.4. The minimum absolute atomic E-state index is 0.304. The molecule has 0 heterocycles. The molecule has 3 rings (SSSR count). The Labute approximate surface area is 175 Å². The third-order valence-corrected chi connectivity index (χ3v) is 4.50. The second kappa shape index (κ2) is 9.20. The maximum atomic E-state index is 12.5. The fraction of sp³-hybridized carbons (Fsp3) is 0.0952. The van der Waals surface area contributed by atoms with Crippen LogP contribution in [0.25, 0.3) is 0 Å². The fourth-order valence-electron chi connectivity index (χ4n) is 2.37. The van der Waals surface area contributed by atoms with Crippen molar-refractivity contribution in [3.05, 3.63) is 93.5 Å². The topological polar surface area (TPSA) is 33.6 Å². The van der Waals surface area contributed by atoms with Gasteiger partial charge in [0.2, 0.25) is 0 Å². The standard InChI is InChI=1S/C21H15Cl2F3N2O/c22-17-6-3-15(20(23)11-17)13-29-19-9-1-14(2-10-19)12-27-28-18-7-4-16(5-8-18)21(24,25)26/h1-12,28H,13H2. The first kappa shape index (κ1) is 21.0. The molecule has 0 aromatic heterocycles.